The van der Waals surface area contributed by atoms with E-state index in [1.54, 1.807) is 29.1 Å². The average Bonchev–Trinajstić information content (AvgIpc) is 3.18. The van der Waals surface area contributed by atoms with Crippen LogP contribution in [0.2, 0.25) is 0 Å². The predicted octanol–water partition coefficient (Wildman–Crippen LogP) is 7.49. The standard InChI is InChI=1S/C43H50F3N5O3/c1-5-32(15-11-21-50(6-2)41(53)29-49-22-24-54-25-23-49)36-19-18-35(27-38(36)43(44,45)46)51(7-3)42-34(30-52)28-48-40-20-17-31(26-37(40)42)12-10-14-33-13-8-9-16-39(33)47-4/h1,8-10,13-14,16-20,26-28,32-33,52H,6-7,11-12,15,21-25,29-30H2,2-4H3. The van der Waals surface area contributed by atoms with Crippen molar-refractivity contribution in [3.8, 4) is 12.3 Å². The Bertz CT molecular complexity index is 1920. The summed E-state index contributed by atoms with van der Waals surface area (Å²) in [5.74, 6) is 1.87. The number of allylic oxidation sites excluding steroid dienone is 6. The number of hydrogen-bond donors (Lipinski definition) is 1. The van der Waals surface area contributed by atoms with E-state index in [1.807, 2.05) is 50.3 Å². The number of amides is 1. The number of aromatic nitrogens is 1. The first kappa shape index (κ1) is 40.4. The number of aliphatic hydroxyl groups excluding tert-OH is 1. The summed E-state index contributed by atoms with van der Waals surface area (Å²) < 4.78 is 49.9. The number of alkyl halides is 3. The number of pyridine rings is 1. The Morgan fingerprint density at radius 2 is 1.96 bits per heavy atom. The van der Waals surface area contributed by atoms with Gasteiger partial charge in [0.15, 0.2) is 0 Å². The molecule has 0 spiro atoms. The second kappa shape index (κ2) is 19.0. The maximum Gasteiger partial charge on any atom is 0.416 e. The molecule has 286 valence electrons. The highest BCUT2D eigenvalue weighted by Crippen LogP contribution is 2.42. The number of fused-ring (bicyclic) bond motifs is 1. The molecule has 2 unspecified atom stereocenters. The molecule has 1 aliphatic heterocycles. The average molecular weight is 742 g/mol. The number of carbonyl (C=O) groups is 1. The van der Waals surface area contributed by atoms with Gasteiger partial charge in [0.1, 0.15) is 0 Å². The SMILES string of the molecule is C#CC(CCCN(CC)C(=O)CN1CCOCC1)c1ccc(N(CC)c2c(CO)cnc3ccc(CC=CC4C=CC=CC4=NC)cc23)cc1C(F)(F)F. The minimum Gasteiger partial charge on any atom is -0.392 e. The molecule has 2 atom stereocenters. The molecule has 1 fully saturated rings. The number of likely N-dealkylation sites (N-methyl/N-ethyl adjacent to an activating group) is 1. The summed E-state index contributed by atoms with van der Waals surface area (Å²) in [6.45, 7) is 7.52. The van der Waals surface area contributed by atoms with Gasteiger partial charge in [-0.05, 0) is 74.6 Å². The Balaban J connectivity index is 1.40. The van der Waals surface area contributed by atoms with Crippen molar-refractivity contribution in [1.29, 1.82) is 0 Å². The van der Waals surface area contributed by atoms with Gasteiger partial charge in [-0.3, -0.25) is 19.7 Å². The maximum absolute atomic E-state index is 14.9. The number of ether oxygens (including phenoxy) is 1. The van der Waals surface area contributed by atoms with Crippen molar-refractivity contribution >= 4 is 33.9 Å². The normalized spacial score (nSPS) is 17.7. The summed E-state index contributed by atoms with van der Waals surface area (Å²) in [5, 5.41) is 11.2. The molecule has 0 bridgehead atoms. The van der Waals surface area contributed by atoms with E-state index in [4.69, 9.17) is 11.2 Å². The Morgan fingerprint density at radius 3 is 2.65 bits per heavy atom. The highest BCUT2D eigenvalue weighted by atomic mass is 19.4. The molecule has 11 heteroatoms. The van der Waals surface area contributed by atoms with Crippen LogP contribution in [0.1, 0.15) is 54.9 Å². The van der Waals surface area contributed by atoms with E-state index >= 15 is 0 Å². The highest BCUT2D eigenvalue weighted by molar-refractivity contribution is 6.00. The van der Waals surface area contributed by atoms with Gasteiger partial charge in [-0.25, -0.2) is 0 Å². The van der Waals surface area contributed by atoms with Gasteiger partial charge in [0.2, 0.25) is 5.91 Å². The third-order valence-corrected chi connectivity index (χ3v) is 10.1. The second-order valence-electron chi connectivity index (χ2n) is 13.4. The van der Waals surface area contributed by atoms with Crippen LogP contribution in [0, 0.1) is 18.3 Å². The van der Waals surface area contributed by atoms with Gasteiger partial charge in [-0.1, -0.05) is 48.4 Å². The van der Waals surface area contributed by atoms with E-state index in [2.05, 4.69) is 39.0 Å². The molecule has 54 heavy (non-hydrogen) atoms. The highest BCUT2D eigenvalue weighted by Gasteiger charge is 2.36. The van der Waals surface area contributed by atoms with Crippen molar-refractivity contribution < 1.29 is 27.8 Å². The molecule has 0 radical (unpaired) electrons. The Morgan fingerprint density at radius 1 is 1.17 bits per heavy atom. The molecule has 1 amide bonds. The van der Waals surface area contributed by atoms with Gasteiger partial charge >= 0.3 is 6.18 Å². The molecule has 1 aromatic heterocycles. The summed E-state index contributed by atoms with van der Waals surface area (Å²) in [6.07, 6.45) is 16.4. The van der Waals surface area contributed by atoms with Crippen LogP contribution in [0.25, 0.3) is 10.9 Å². The van der Waals surface area contributed by atoms with E-state index in [9.17, 15) is 23.1 Å². The number of hydrogen-bond acceptors (Lipinski definition) is 7. The lowest BCUT2D eigenvalue weighted by molar-refractivity contribution is -0.138. The number of carbonyl (C=O) groups excluding carboxylic acids is 1. The minimum atomic E-state index is -4.67. The van der Waals surface area contributed by atoms with Crippen molar-refractivity contribution in [3.05, 3.63) is 101 Å². The number of aliphatic imine (C=N–C) groups is 1. The Kier molecular flexibility index (Phi) is 14.2. The smallest absolute Gasteiger partial charge is 0.392 e. The van der Waals surface area contributed by atoms with Crippen LogP contribution in [0.5, 0.6) is 0 Å². The van der Waals surface area contributed by atoms with Gasteiger partial charge in [0, 0.05) is 80.2 Å². The van der Waals surface area contributed by atoms with E-state index in [-0.39, 0.29) is 30.5 Å². The fraction of sp³-hybridized carbons (Fsp3) is 0.419. The van der Waals surface area contributed by atoms with Crippen molar-refractivity contribution in [2.24, 2.45) is 10.9 Å². The van der Waals surface area contributed by atoms with Crippen LogP contribution in [0.15, 0.2) is 84.0 Å². The summed E-state index contributed by atoms with van der Waals surface area (Å²) in [4.78, 5) is 27.5. The second-order valence-corrected chi connectivity index (χ2v) is 13.4. The molecule has 2 heterocycles. The van der Waals surface area contributed by atoms with Gasteiger partial charge in [-0.15, -0.1) is 6.42 Å². The van der Waals surface area contributed by atoms with Gasteiger partial charge in [-0.2, -0.15) is 13.2 Å². The molecule has 5 rings (SSSR count). The lowest BCUT2D eigenvalue weighted by Gasteiger charge is -2.30. The number of nitrogens with zero attached hydrogens (tertiary/aromatic N) is 5. The van der Waals surface area contributed by atoms with Crippen LogP contribution in [0.3, 0.4) is 0 Å². The monoisotopic (exact) mass is 741 g/mol. The topological polar surface area (TPSA) is 81.5 Å². The first-order valence-corrected chi connectivity index (χ1v) is 18.6. The van der Waals surface area contributed by atoms with Crippen molar-refractivity contribution in [1.82, 2.24) is 14.8 Å². The number of anilines is 2. The third-order valence-electron chi connectivity index (χ3n) is 10.1. The van der Waals surface area contributed by atoms with Crippen LogP contribution in [0.4, 0.5) is 24.5 Å². The molecule has 1 N–H and O–H groups in total. The predicted molar refractivity (Wildman–Crippen MR) is 210 cm³/mol. The van der Waals surface area contributed by atoms with Crippen LogP contribution < -0.4 is 4.90 Å². The zero-order valence-electron chi connectivity index (χ0n) is 31.4. The first-order chi connectivity index (χ1) is 26.1. The summed E-state index contributed by atoms with van der Waals surface area (Å²) in [7, 11) is 1.77. The number of halogens is 3. The fourth-order valence-electron chi connectivity index (χ4n) is 7.17. The molecular weight excluding hydrogens is 691 g/mol. The number of terminal acetylenes is 1. The van der Waals surface area contributed by atoms with Gasteiger partial charge in [0.25, 0.3) is 0 Å². The number of morpholine rings is 1. The number of aliphatic hydroxyl groups is 1. The minimum absolute atomic E-state index is 0.0128. The number of rotatable bonds is 15. The summed E-state index contributed by atoms with van der Waals surface area (Å²) in [5.41, 5.74) is 3.29. The quantitative estimate of drug-likeness (QED) is 0.129. The largest absolute Gasteiger partial charge is 0.416 e. The summed E-state index contributed by atoms with van der Waals surface area (Å²) >= 11 is 0. The van der Waals surface area contributed by atoms with Crippen molar-refractivity contribution in [3.63, 3.8) is 0 Å². The zero-order valence-corrected chi connectivity index (χ0v) is 31.4. The lowest BCUT2D eigenvalue weighted by Crippen LogP contribution is -2.45. The molecule has 1 aliphatic carbocycles. The summed E-state index contributed by atoms with van der Waals surface area (Å²) in [6, 6.07) is 10.2. The van der Waals surface area contributed by atoms with Crippen molar-refractivity contribution in [2.45, 2.75) is 51.8 Å². The van der Waals surface area contributed by atoms with E-state index < -0.39 is 17.7 Å². The molecule has 2 aliphatic rings. The molecule has 2 aromatic carbocycles. The molecule has 0 saturated carbocycles. The van der Waals surface area contributed by atoms with Crippen LogP contribution >= 0.6 is 0 Å². The molecule has 3 aromatic rings. The Labute approximate surface area is 316 Å². The lowest BCUT2D eigenvalue weighted by atomic mass is 9.90. The van der Waals surface area contributed by atoms with Crippen LogP contribution in [-0.2, 0) is 28.7 Å². The van der Waals surface area contributed by atoms with E-state index in [1.165, 1.54) is 6.07 Å². The zero-order chi connectivity index (χ0) is 38.7. The molecular formula is C43H50F3N5O3. The third kappa shape index (κ3) is 9.85. The first-order valence-electron chi connectivity index (χ1n) is 18.6. The van der Waals surface area contributed by atoms with E-state index in [0.717, 1.165) is 22.7 Å². The maximum atomic E-state index is 14.9. The number of benzene rings is 2. The molecule has 1 saturated heterocycles. The Hall–Kier alpha value is -4.76. The van der Waals surface area contributed by atoms with Crippen molar-refractivity contribution in [2.75, 3.05) is 64.4 Å². The van der Waals surface area contributed by atoms with Gasteiger partial charge in [0.05, 0.1) is 43.1 Å². The van der Waals surface area contributed by atoms with Crippen LogP contribution in [-0.4, -0.2) is 91.0 Å². The van der Waals surface area contributed by atoms with Gasteiger partial charge < -0.3 is 19.6 Å². The molecule has 8 nitrogen and oxygen atoms in total. The van der Waals surface area contributed by atoms with E-state index in [0.29, 0.717) is 87.7 Å². The fourth-order valence-corrected chi connectivity index (χ4v) is 7.17.